The van der Waals surface area contributed by atoms with E-state index < -0.39 is 40.6 Å². The minimum absolute atomic E-state index is 0.00259. The number of aryl methyl sites for hydroxylation is 1. The van der Waals surface area contributed by atoms with E-state index in [1.54, 1.807) is 26.8 Å². The number of aliphatic imine (C=N–C) groups is 1. The van der Waals surface area contributed by atoms with E-state index >= 15 is 0 Å². The van der Waals surface area contributed by atoms with Gasteiger partial charge in [-0.1, -0.05) is 48.5 Å². The second-order valence-corrected chi connectivity index (χ2v) is 11.3. The van der Waals surface area contributed by atoms with Crippen molar-refractivity contribution in [3.8, 4) is 16.9 Å². The molecule has 1 atom stereocenters. The number of carbonyl (C=O) groups excluding carboxylic acids is 1. The average Bonchev–Trinajstić information content (AvgIpc) is 3.24. The lowest BCUT2D eigenvalue weighted by Crippen LogP contribution is -2.45. The monoisotopic (exact) mass is 580 g/mol. The number of carbonyl (C=O) groups is 2. The zero-order valence-corrected chi connectivity index (χ0v) is 23.9. The van der Waals surface area contributed by atoms with E-state index in [4.69, 9.17) is 15.2 Å². The number of carboxylic acids is 1. The Morgan fingerprint density at radius 2 is 1.61 bits per heavy atom. The number of ether oxygens (including phenoxy) is 2. The van der Waals surface area contributed by atoms with Crippen LogP contribution >= 0.6 is 0 Å². The van der Waals surface area contributed by atoms with Crippen molar-refractivity contribution in [3.63, 3.8) is 0 Å². The van der Waals surface area contributed by atoms with Crippen molar-refractivity contribution in [2.45, 2.75) is 37.6 Å². The molecule has 41 heavy (non-hydrogen) atoms. The highest BCUT2D eigenvalue weighted by Crippen LogP contribution is 2.44. The van der Waals surface area contributed by atoms with E-state index in [1.165, 1.54) is 7.11 Å². The normalized spacial score (nSPS) is 13.6. The summed E-state index contributed by atoms with van der Waals surface area (Å²) in [4.78, 5) is 28.2. The Kier molecular flexibility index (Phi) is 8.52. The van der Waals surface area contributed by atoms with Gasteiger partial charge in [0.15, 0.2) is 0 Å². The summed E-state index contributed by atoms with van der Waals surface area (Å²) >= 11 is 0. The third-order valence-electron chi connectivity index (χ3n) is 7.08. The van der Waals surface area contributed by atoms with Gasteiger partial charge in [-0.25, -0.2) is 27.7 Å². The molecule has 0 heterocycles. The first kappa shape index (κ1) is 29.4. The number of rotatable bonds is 9. The maximum atomic E-state index is 13.1. The molecule has 0 unspecified atom stereocenters. The molecule has 0 aliphatic heterocycles. The number of aliphatic carboxylic acids is 1. The fourth-order valence-corrected chi connectivity index (χ4v) is 6.51. The number of methoxy groups -OCH3 is 1. The molecular weight excluding hydrogens is 548 g/mol. The van der Waals surface area contributed by atoms with Gasteiger partial charge in [0.2, 0.25) is 5.96 Å². The summed E-state index contributed by atoms with van der Waals surface area (Å²) in [5.41, 5.74) is 11.5. The van der Waals surface area contributed by atoms with Crippen molar-refractivity contribution in [2.24, 2.45) is 10.7 Å². The standard InChI is InChI=1S/C29H32N4O7S/c1-16-13-25(39-4)17(2)18(3)26(16)41(37,38)33-28(30)31-14-24(27(34)35)32-29(36)40-15-23-21-11-7-5-9-19(21)20-10-6-8-12-22(20)23/h5-13,23-24H,14-15H2,1-4H3,(H,32,36)(H,34,35)(H3,30,31,33)/t24-/m0/s1. The topological polar surface area (TPSA) is 169 Å². The minimum atomic E-state index is -4.15. The summed E-state index contributed by atoms with van der Waals surface area (Å²) in [5, 5.41) is 11.9. The molecule has 1 aliphatic carbocycles. The number of nitrogens with one attached hydrogen (secondary N) is 2. The van der Waals surface area contributed by atoms with Crippen LogP contribution in [0.15, 0.2) is 64.5 Å². The molecular formula is C29H32N4O7S. The van der Waals surface area contributed by atoms with Gasteiger partial charge in [0.25, 0.3) is 10.0 Å². The number of guanidine groups is 1. The van der Waals surface area contributed by atoms with Crippen LogP contribution in [0.4, 0.5) is 4.79 Å². The van der Waals surface area contributed by atoms with Crippen molar-refractivity contribution in [2.75, 3.05) is 20.3 Å². The number of sulfonamides is 1. The number of alkyl carbamates (subject to hydrolysis) is 1. The predicted octanol–water partition coefficient (Wildman–Crippen LogP) is 3.21. The molecule has 0 bridgehead atoms. The Balaban J connectivity index is 1.41. The van der Waals surface area contributed by atoms with Crippen molar-refractivity contribution in [1.29, 1.82) is 0 Å². The quantitative estimate of drug-likeness (QED) is 0.221. The van der Waals surface area contributed by atoms with Crippen LogP contribution in [0.25, 0.3) is 11.1 Å². The molecule has 0 radical (unpaired) electrons. The Hall–Kier alpha value is -4.58. The van der Waals surface area contributed by atoms with Crippen LogP contribution in [0.2, 0.25) is 0 Å². The summed E-state index contributed by atoms with van der Waals surface area (Å²) in [6, 6.07) is 15.7. The first-order chi connectivity index (χ1) is 19.4. The van der Waals surface area contributed by atoms with Crippen molar-refractivity contribution in [1.82, 2.24) is 10.0 Å². The number of carboxylic acid groups (broad SMARTS) is 1. The second kappa shape index (κ2) is 11.9. The summed E-state index contributed by atoms with van der Waals surface area (Å²) in [6.07, 6.45) is -0.950. The molecule has 3 aromatic rings. The molecule has 0 spiro atoms. The SMILES string of the molecule is COc1cc(C)c(S(=O)(=O)NC(N)=NC[C@H](NC(=O)OCC2c3ccccc3-c3ccccc32)C(=O)O)c(C)c1C. The molecule has 1 amide bonds. The largest absolute Gasteiger partial charge is 0.496 e. The maximum Gasteiger partial charge on any atom is 0.407 e. The number of nitrogens with two attached hydrogens (primary N) is 1. The second-order valence-electron chi connectivity index (χ2n) is 9.67. The van der Waals surface area contributed by atoms with Crippen molar-refractivity contribution in [3.05, 3.63) is 82.4 Å². The first-order valence-electron chi connectivity index (χ1n) is 12.8. The first-order valence-corrected chi connectivity index (χ1v) is 14.2. The van der Waals surface area contributed by atoms with Gasteiger partial charge in [0.1, 0.15) is 18.4 Å². The van der Waals surface area contributed by atoms with Crippen molar-refractivity contribution < 1.29 is 32.6 Å². The van der Waals surface area contributed by atoms with E-state index in [9.17, 15) is 23.1 Å². The van der Waals surface area contributed by atoms with Gasteiger partial charge in [-0.3, -0.25) is 0 Å². The van der Waals surface area contributed by atoms with Gasteiger partial charge in [-0.2, -0.15) is 0 Å². The van der Waals surface area contributed by atoms with Crippen LogP contribution in [-0.2, 0) is 19.6 Å². The van der Waals surface area contributed by atoms with Gasteiger partial charge >= 0.3 is 12.1 Å². The Bertz CT molecular complexity index is 1590. The molecule has 11 nitrogen and oxygen atoms in total. The highest BCUT2D eigenvalue weighted by molar-refractivity contribution is 7.90. The predicted molar refractivity (Wildman–Crippen MR) is 154 cm³/mol. The molecule has 4 rings (SSSR count). The van der Waals surface area contributed by atoms with Crippen molar-refractivity contribution >= 4 is 28.0 Å². The molecule has 216 valence electrons. The van der Waals surface area contributed by atoms with Crippen LogP contribution in [0, 0.1) is 20.8 Å². The van der Waals surface area contributed by atoms with Crippen LogP contribution < -0.4 is 20.5 Å². The lowest BCUT2D eigenvalue weighted by molar-refractivity contribution is -0.139. The van der Waals surface area contributed by atoms with E-state index in [0.717, 1.165) is 22.3 Å². The van der Waals surface area contributed by atoms with Gasteiger partial charge in [-0.05, 0) is 65.8 Å². The number of amides is 1. The molecule has 0 aromatic heterocycles. The fraction of sp³-hybridized carbons (Fsp3) is 0.276. The van der Waals surface area contributed by atoms with Gasteiger partial charge in [-0.15, -0.1) is 0 Å². The number of hydrogen-bond donors (Lipinski definition) is 4. The van der Waals surface area contributed by atoms with Gasteiger partial charge in [0.05, 0.1) is 18.6 Å². The molecule has 5 N–H and O–H groups in total. The lowest BCUT2D eigenvalue weighted by atomic mass is 9.98. The zero-order chi connectivity index (χ0) is 29.9. The highest BCUT2D eigenvalue weighted by atomic mass is 32.2. The van der Waals surface area contributed by atoms with E-state index in [-0.39, 0.29) is 17.4 Å². The third kappa shape index (κ3) is 6.12. The average molecular weight is 581 g/mol. The van der Waals surface area contributed by atoms with Crippen LogP contribution in [0.1, 0.15) is 33.7 Å². The molecule has 0 saturated carbocycles. The Morgan fingerprint density at radius 1 is 1.02 bits per heavy atom. The Labute approximate surface area is 238 Å². The smallest absolute Gasteiger partial charge is 0.407 e. The molecule has 1 aliphatic rings. The molecule has 0 fully saturated rings. The maximum absolute atomic E-state index is 13.1. The van der Waals surface area contributed by atoms with E-state index in [2.05, 4.69) is 15.0 Å². The number of nitrogens with zero attached hydrogens (tertiary/aromatic N) is 1. The van der Waals surface area contributed by atoms with E-state index in [0.29, 0.717) is 22.4 Å². The lowest BCUT2D eigenvalue weighted by Gasteiger charge is -2.18. The highest BCUT2D eigenvalue weighted by Gasteiger charge is 2.30. The van der Waals surface area contributed by atoms with Gasteiger partial charge in [0, 0.05) is 5.92 Å². The van der Waals surface area contributed by atoms with E-state index in [1.807, 2.05) is 48.5 Å². The number of hydrogen-bond acceptors (Lipinski definition) is 7. The molecule has 12 heteroatoms. The number of fused-ring (bicyclic) bond motifs is 3. The zero-order valence-electron chi connectivity index (χ0n) is 23.1. The van der Waals surface area contributed by atoms with Gasteiger partial charge < -0.3 is 25.6 Å². The van der Waals surface area contributed by atoms with Crippen LogP contribution in [0.3, 0.4) is 0 Å². The van der Waals surface area contributed by atoms with Crippen LogP contribution in [-0.4, -0.2) is 57.8 Å². The summed E-state index contributed by atoms with van der Waals surface area (Å²) in [6.45, 7) is 4.46. The summed E-state index contributed by atoms with van der Waals surface area (Å²) in [5.74, 6) is -1.58. The molecule has 3 aromatic carbocycles. The summed E-state index contributed by atoms with van der Waals surface area (Å²) < 4.78 is 39.0. The minimum Gasteiger partial charge on any atom is -0.496 e. The Morgan fingerprint density at radius 3 is 2.17 bits per heavy atom. The molecule has 0 saturated heterocycles. The fourth-order valence-electron chi connectivity index (χ4n) is 5.03. The summed E-state index contributed by atoms with van der Waals surface area (Å²) in [7, 11) is -2.65. The third-order valence-corrected chi connectivity index (χ3v) is 8.73. The van der Waals surface area contributed by atoms with Crippen LogP contribution in [0.5, 0.6) is 5.75 Å². The number of benzene rings is 3.